The van der Waals surface area contributed by atoms with Crippen molar-refractivity contribution in [3.05, 3.63) is 63.1 Å². The van der Waals surface area contributed by atoms with Crippen molar-refractivity contribution in [2.75, 3.05) is 11.9 Å². The third kappa shape index (κ3) is 5.12. The summed E-state index contributed by atoms with van der Waals surface area (Å²) < 4.78 is 0. The maximum atomic E-state index is 11.7. The zero-order valence-corrected chi connectivity index (χ0v) is 13.3. The van der Waals surface area contributed by atoms with Crippen molar-refractivity contribution in [1.29, 1.82) is 0 Å². The summed E-state index contributed by atoms with van der Waals surface area (Å²) in [6, 6.07) is 11.9. The van der Waals surface area contributed by atoms with Crippen LogP contribution in [0.1, 0.15) is 5.56 Å². The highest BCUT2D eigenvalue weighted by Gasteiger charge is 2.04. The molecule has 2 amide bonds. The lowest BCUT2D eigenvalue weighted by Crippen LogP contribution is -2.30. The van der Waals surface area contributed by atoms with Gasteiger partial charge in [-0.25, -0.2) is 4.79 Å². The molecule has 2 N–H and O–H groups in total. The van der Waals surface area contributed by atoms with Crippen molar-refractivity contribution in [2.45, 2.75) is 6.42 Å². The number of carbonyl (C=O) groups is 1. The number of hydrogen-bond donors (Lipinski definition) is 2. The highest BCUT2D eigenvalue weighted by atomic mass is 35.5. The Morgan fingerprint density at radius 2 is 1.62 bits per heavy atom. The van der Waals surface area contributed by atoms with Gasteiger partial charge in [-0.2, -0.15) is 0 Å². The Balaban J connectivity index is 1.80. The summed E-state index contributed by atoms with van der Waals surface area (Å²) in [5.74, 6) is 0. The predicted octanol–water partition coefficient (Wildman–Crippen LogP) is 5.01. The first-order chi connectivity index (χ1) is 10.0. The van der Waals surface area contributed by atoms with Crippen LogP contribution in [0.5, 0.6) is 0 Å². The molecule has 0 fully saturated rings. The molecule has 2 rings (SSSR count). The average Bonchev–Trinajstić information content (AvgIpc) is 2.44. The number of amides is 2. The molecule has 0 atom stereocenters. The largest absolute Gasteiger partial charge is 0.338 e. The molecule has 2 aromatic rings. The van der Waals surface area contributed by atoms with E-state index in [0.29, 0.717) is 33.7 Å². The summed E-state index contributed by atoms with van der Waals surface area (Å²) in [5.41, 5.74) is 1.62. The van der Waals surface area contributed by atoms with E-state index in [1.54, 1.807) is 36.4 Å². The Morgan fingerprint density at radius 1 is 0.952 bits per heavy atom. The topological polar surface area (TPSA) is 41.1 Å². The summed E-state index contributed by atoms with van der Waals surface area (Å²) >= 11 is 17.7. The van der Waals surface area contributed by atoms with Gasteiger partial charge >= 0.3 is 6.03 Å². The number of carbonyl (C=O) groups excluding carboxylic acids is 1. The van der Waals surface area contributed by atoms with E-state index in [2.05, 4.69) is 10.6 Å². The first-order valence-corrected chi connectivity index (χ1v) is 7.42. The molecule has 0 aliphatic carbocycles. The van der Waals surface area contributed by atoms with E-state index in [4.69, 9.17) is 34.8 Å². The summed E-state index contributed by atoms with van der Waals surface area (Å²) in [5, 5.41) is 7.30. The van der Waals surface area contributed by atoms with Crippen LogP contribution >= 0.6 is 34.8 Å². The number of urea groups is 1. The molecular weight excluding hydrogens is 331 g/mol. The van der Waals surface area contributed by atoms with Gasteiger partial charge in [-0.05, 0) is 48.4 Å². The fourth-order valence-electron chi connectivity index (χ4n) is 1.74. The van der Waals surface area contributed by atoms with Crippen molar-refractivity contribution in [2.24, 2.45) is 0 Å². The summed E-state index contributed by atoms with van der Waals surface area (Å²) in [4.78, 5) is 11.7. The minimum Gasteiger partial charge on any atom is -0.338 e. The Morgan fingerprint density at radius 3 is 2.29 bits per heavy atom. The van der Waals surface area contributed by atoms with Crippen LogP contribution in [0.2, 0.25) is 15.1 Å². The molecule has 0 unspecified atom stereocenters. The van der Waals surface area contributed by atoms with Crippen LogP contribution in [0.15, 0.2) is 42.5 Å². The van der Waals surface area contributed by atoms with Crippen molar-refractivity contribution >= 4 is 46.5 Å². The van der Waals surface area contributed by atoms with E-state index >= 15 is 0 Å². The van der Waals surface area contributed by atoms with Crippen LogP contribution < -0.4 is 10.6 Å². The zero-order chi connectivity index (χ0) is 15.2. The third-order valence-electron chi connectivity index (χ3n) is 2.80. The number of rotatable bonds is 4. The molecule has 0 saturated heterocycles. The van der Waals surface area contributed by atoms with Crippen LogP contribution in [0.4, 0.5) is 10.5 Å². The van der Waals surface area contributed by atoms with Gasteiger partial charge in [0.2, 0.25) is 0 Å². The van der Waals surface area contributed by atoms with Crippen molar-refractivity contribution in [1.82, 2.24) is 5.32 Å². The molecule has 0 radical (unpaired) electrons. The molecule has 0 spiro atoms. The monoisotopic (exact) mass is 342 g/mol. The minimum absolute atomic E-state index is 0.276. The molecule has 0 bridgehead atoms. The van der Waals surface area contributed by atoms with E-state index in [1.807, 2.05) is 6.07 Å². The van der Waals surface area contributed by atoms with Gasteiger partial charge in [0.05, 0.1) is 0 Å². The quantitative estimate of drug-likeness (QED) is 0.805. The van der Waals surface area contributed by atoms with Crippen LogP contribution in [0, 0.1) is 0 Å². The van der Waals surface area contributed by atoms with E-state index in [-0.39, 0.29) is 6.03 Å². The zero-order valence-electron chi connectivity index (χ0n) is 11.0. The minimum atomic E-state index is -0.276. The average molecular weight is 344 g/mol. The molecule has 2 aromatic carbocycles. The first kappa shape index (κ1) is 16.0. The summed E-state index contributed by atoms with van der Waals surface area (Å²) in [6.07, 6.45) is 0.629. The lowest BCUT2D eigenvalue weighted by molar-refractivity contribution is 0.252. The number of nitrogens with one attached hydrogen (secondary N) is 2. The Labute approximate surface area is 138 Å². The molecule has 0 heterocycles. The number of benzene rings is 2. The second-order valence-electron chi connectivity index (χ2n) is 4.37. The van der Waals surface area contributed by atoms with E-state index in [9.17, 15) is 4.79 Å². The van der Waals surface area contributed by atoms with Crippen LogP contribution in [-0.4, -0.2) is 12.6 Å². The predicted molar refractivity (Wildman–Crippen MR) is 88.6 cm³/mol. The molecule has 21 heavy (non-hydrogen) atoms. The van der Waals surface area contributed by atoms with Crippen molar-refractivity contribution in [3.63, 3.8) is 0 Å². The molecular formula is C15H13Cl3N2O. The Hall–Kier alpha value is -1.42. The Kier molecular flexibility index (Phi) is 5.74. The van der Waals surface area contributed by atoms with Gasteiger partial charge in [0, 0.05) is 27.3 Å². The van der Waals surface area contributed by atoms with Gasteiger partial charge in [0.25, 0.3) is 0 Å². The molecule has 110 valence electrons. The lowest BCUT2D eigenvalue weighted by Gasteiger charge is -2.08. The standard InChI is InChI=1S/C15H13Cl3N2O/c16-11-3-5-13(6-4-11)20-15(21)19-8-7-10-1-2-12(17)9-14(10)18/h1-6,9H,7-8H2,(H2,19,20,21). The maximum absolute atomic E-state index is 11.7. The molecule has 3 nitrogen and oxygen atoms in total. The molecule has 0 aliphatic rings. The fraction of sp³-hybridized carbons (Fsp3) is 0.133. The smallest absolute Gasteiger partial charge is 0.319 e. The van der Waals surface area contributed by atoms with Gasteiger partial charge in [-0.3, -0.25) is 0 Å². The molecule has 6 heteroatoms. The van der Waals surface area contributed by atoms with E-state index < -0.39 is 0 Å². The van der Waals surface area contributed by atoms with Gasteiger partial charge < -0.3 is 10.6 Å². The number of halogens is 3. The Bertz CT molecular complexity index is 629. The molecule has 0 aliphatic heterocycles. The van der Waals surface area contributed by atoms with E-state index in [1.165, 1.54) is 0 Å². The highest BCUT2D eigenvalue weighted by Crippen LogP contribution is 2.21. The third-order valence-corrected chi connectivity index (χ3v) is 3.64. The number of anilines is 1. The highest BCUT2D eigenvalue weighted by molar-refractivity contribution is 6.35. The van der Waals surface area contributed by atoms with E-state index in [0.717, 1.165) is 5.56 Å². The fourth-order valence-corrected chi connectivity index (χ4v) is 2.37. The molecule has 0 saturated carbocycles. The van der Waals surface area contributed by atoms with Crippen molar-refractivity contribution in [3.8, 4) is 0 Å². The van der Waals surface area contributed by atoms with Crippen LogP contribution in [0.3, 0.4) is 0 Å². The van der Waals surface area contributed by atoms with Crippen molar-refractivity contribution < 1.29 is 4.79 Å². The normalized spacial score (nSPS) is 10.2. The van der Waals surface area contributed by atoms with Crippen LogP contribution in [-0.2, 0) is 6.42 Å². The first-order valence-electron chi connectivity index (χ1n) is 6.29. The van der Waals surface area contributed by atoms with Crippen LogP contribution in [0.25, 0.3) is 0 Å². The number of hydrogen-bond acceptors (Lipinski definition) is 1. The summed E-state index contributed by atoms with van der Waals surface area (Å²) in [7, 11) is 0. The van der Waals surface area contributed by atoms with Gasteiger partial charge in [0.1, 0.15) is 0 Å². The second-order valence-corrected chi connectivity index (χ2v) is 5.65. The van der Waals surface area contributed by atoms with Gasteiger partial charge in [-0.15, -0.1) is 0 Å². The maximum Gasteiger partial charge on any atom is 0.319 e. The van der Waals surface area contributed by atoms with Gasteiger partial charge in [0.15, 0.2) is 0 Å². The van der Waals surface area contributed by atoms with Gasteiger partial charge in [-0.1, -0.05) is 40.9 Å². The molecule has 0 aromatic heterocycles. The SMILES string of the molecule is O=C(NCCc1ccc(Cl)cc1Cl)Nc1ccc(Cl)cc1. The second kappa shape index (κ2) is 7.55. The summed E-state index contributed by atoms with van der Waals surface area (Å²) in [6.45, 7) is 0.473. The lowest BCUT2D eigenvalue weighted by atomic mass is 10.1.